The summed E-state index contributed by atoms with van der Waals surface area (Å²) in [5.74, 6) is 0.668. The third-order valence-corrected chi connectivity index (χ3v) is 6.81. The van der Waals surface area contributed by atoms with Crippen LogP contribution in [0, 0.1) is 0 Å². The van der Waals surface area contributed by atoms with Crippen molar-refractivity contribution in [3.05, 3.63) is 59.2 Å². The summed E-state index contributed by atoms with van der Waals surface area (Å²) in [7, 11) is -3.23. The number of rotatable bonds is 7. The summed E-state index contributed by atoms with van der Waals surface area (Å²) in [5, 5.41) is 2.90. The Bertz CT molecular complexity index is 969. The van der Waals surface area contributed by atoms with Gasteiger partial charge in [-0.15, -0.1) is 0 Å². The molecule has 0 unspecified atom stereocenters. The van der Waals surface area contributed by atoms with Crippen LogP contribution in [0.4, 0.5) is 5.69 Å². The van der Waals surface area contributed by atoms with E-state index in [0.29, 0.717) is 37.2 Å². The number of ether oxygens (including phenoxy) is 1. The van der Waals surface area contributed by atoms with Gasteiger partial charge in [-0.1, -0.05) is 13.0 Å². The van der Waals surface area contributed by atoms with E-state index in [-0.39, 0.29) is 17.8 Å². The van der Waals surface area contributed by atoms with E-state index in [9.17, 15) is 13.2 Å². The SMILES string of the molecule is CCCS(=O)(=O)N1CCc2ccc(NC(=O)c3ccc(OC(C)C)cc3)cc2C1. The van der Waals surface area contributed by atoms with Crippen LogP contribution in [0.1, 0.15) is 48.7 Å². The lowest BCUT2D eigenvalue weighted by atomic mass is 10.0. The normalized spacial score (nSPS) is 14.5. The molecule has 1 N–H and O–H groups in total. The third-order valence-electron chi connectivity index (χ3n) is 4.79. The Labute approximate surface area is 172 Å². The summed E-state index contributed by atoms with van der Waals surface area (Å²) < 4.78 is 31.9. The predicted octanol–water partition coefficient (Wildman–Crippen LogP) is 3.82. The number of anilines is 1. The number of sulfonamides is 1. The minimum absolute atomic E-state index is 0.0749. The van der Waals surface area contributed by atoms with Crippen LogP contribution in [0.2, 0.25) is 0 Å². The lowest BCUT2D eigenvalue weighted by Crippen LogP contribution is -2.37. The van der Waals surface area contributed by atoms with Gasteiger partial charge in [-0.25, -0.2) is 8.42 Å². The molecule has 2 aromatic carbocycles. The molecule has 0 spiro atoms. The molecular formula is C22H28N2O4S. The summed E-state index contributed by atoms with van der Waals surface area (Å²) in [6.45, 7) is 6.62. The van der Waals surface area contributed by atoms with Gasteiger partial charge in [-0.05, 0) is 74.2 Å². The van der Waals surface area contributed by atoms with Crippen LogP contribution in [0.25, 0.3) is 0 Å². The zero-order valence-corrected chi connectivity index (χ0v) is 18.0. The fourth-order valence-corrected chi connectivity index (χ4v) is 4.87. The van der Waals surface area contributed by atoms with Gasteiger partial charge in [0.05, 0.1) is 11.9 Å². The number of amides is 1. The number of hydrogen-bond acceptors (Lipinski definition) is 4. The monoisotopic (exact) mass is 416 g/mol. The highest BCUT2D eigenvalue weighted by atomic mass is 32.2. The summed E-state index contributed by atoms with van der Waals surface area (Å²) >= 11 is 0. The first kappa shape index (κ1) is 21.3. The molecule has 0 aromatic heterocycles. The maximum absolute atomic E-state index is 12.6. The molecule has 1 amide bonds. The molecule has 2 aromatic rings. The Morgan fingerprint density at radius 1 is 1.14 bits per heavy atom. The van der Waals surface area contributed by atoms with Crippen molar-refractivity contribution in [1.82, 2.24) is 4.31 Å². The Morgan fingerprint density at radius 2 is 1.86 bits per heavy atom. The van der Waals surface area contributed by atoms with Crippen LogP contribution in [-0.4, -0.2) is 37.0 Å². The summed E-state index contributed by atoms with van der Waals surface area (Å²) in [4.78, 5) is 12.6. The molecule has 0 bridgehead atoms. The molecular weight excluding hydrogens is 388 g/mol. The number of fused-ring (bicyclic) bond motifs is 1. The van der Waals surface area contributed by atoms with E-state index in [1.807, 2.05) is 39.0 Å². The van der Waals surface area contributed by atoms with Crippen LogP contribution >= 0.6 is 0 Å². The number of benzene rings is 2. The van der Waals surface area contributed by atoms with Crippen molar-refractivity contribution in [2.45, 2.75) is 46.3 Å². The summed E-state index contributed by atoms with van der Waals surface area (Å²) in [6, 6.07) is 12.7. The molecule has 0 atom stereocenters. The van der Waals surface area contributed by atoms with E-state index >= 15 is 0 Å². The second-order valence-corrected chi connectivity index (χ2v) is 9.62. The number of carbonyl (C=O) groups excluding carboxylic acids is 1. The zero-order chi connectivity index (χ0) is 21.0. The Kier molecular flexibility index (Phi) is 6.59. The highest BCUT2D eigenvalue weighted by Gasteiger charge is 2.26. The van der Waals surface area contributed by atoms with E-state index in [1.54, 1.807) is 24.3 Å². The van der Waals surface area contributed by atoms with E-state index in [4.69, 9.17) is 4.74 Å². The first-order valence-corrected chi connectivity index (χ1v) is 11.6. The largest absolute Gasteiger partial charge is 0.491 e. The standard InChI is InChI=1S/C22H28N2O4S/c1-4-13-29(26,27)24-12-11-17-5-8-20(14-19(17)15-24)23-22(25)18-6-9-21(10-7-18)28-16(2)3/h5-10,14,16H,4,11-13,15H2,1-3H3,(H,23,25). The van der Waals surface area contributed by atoms with Crippen molar-refractivity contribution >= 4 is 21.6 Å². The summed E-state index contributed by atoms with van der Waals surface area (Å²) in [6.07, 6.45) is 1.36. The number of hydrogen-bond donors (Lipinski definition) is 1. The van der Waals surface area contributed by atoms with Gasteiger partial charge < -0.3 is 10.1 Å². The van der Waals surface area contributed by atoms with E-state index in [2.05, 4.69) is 5.32 Å². The maximum atomic E-state index is 12.6. The molecule has 6 nitrogen and oxygen atoms in total. The first-order chi connectivity index (χ1) is 13.8. The van der Waals surface area contributed by atoms with Crippen LogP contribution in [0.15, 0.2) is 42.5 Å². The average Bonchev–Trinajstić information content (AvgIpc) is 2.67. The molecule has 156 valence electrons. The smallest absolute Gasteiger partial charge is 0.255 e. The number of nitrogens with zero attached hydrogens (tertiary/aromatic N) is 1. The van der Waals surface area contributed by atoms with Gasteiger partial charge in [-0.2, -0.15) is 4.31 Å². The van der Waals surface area contributed by atoms with Crippen molar-refractivity contribution in [2.75, 3.05) is 17.6 Å². The van der Waals surface area contributed by atoms with Gasteiger partial charge in [0.25, 0.3) is 5.91 Å². The van der Waals surface area contributed by atoms with Crippen molar-refractivity contribution in [2.24, 2.45) is 0 Å². The van der Waals surface area contributed by atoms with Crippen molar-refractivity contribution < 1.29 is 17.9 Å². The highest BCUT2D eigenvalue weighted by Crippen LogP contribution is 2.25. The Morgan fingerprint density at radius 3 is 2.52 bits per heavy atom. The lowest BCUT2D eigenvalue weighted by molar-refractivity contribution is 0.102. The van der Waals surface area contributed by atoms with Gasteiger partial charge in [0.15, 0.2) is 0 Å². The van der Waals surface area contributed by atoms with Crippen LogP contribution < -0.4 is 10.1 Å². The highest BCUT2D eigenvalue weighted by molar-refractivity contribution is 7.89. The van der Waals surface area contributed by atoms with Crippen molar-refractivity contribution in [3.8, 4) is 5.75 Å². The molecule has 3 rings (SSSR count). The molecule has 0 saturated carbocycles. The number of nitrogens with one attached hydrogen (secondary N) is 1. The second kappa shape index (κ2) is 8.97. The molecule has 0 aliphatic carbocycles. The van der Waals surface area contributed by atoms with Gasteiger partial charge >= 0.3 is 0 Å². The fourth-order valence-electron chi connectivity index (χ4n) is 3.39. The van der Waals surface area contributed by atoms with Crippen LogP contribution in [0.3, 0.4) is 0 Å². The zero-order valence-electron chi connectivity index (χ0n) is 17.1. The fraction of sp³-hybridized carbons (Fsp3) is 0.409. The average molecular weight is 417 g/mol. The topological polar surface area (TPSA) is 75.7 Å². The lowest BCUT2D eigenvalue weighted by Gasteiger charge is -2.28. The van der Waals surface area contributed by atoms with E-state index in [1.165, 1.54) is 4.31 Å². The van der Waals surface area contributed by atoms with Crippen molar-refractivity contribution in [1.29, 1.82) is 0 Å². The second-order valence-electron chi connectivity index (χ2n) is 7.53. The molecule has 29 heavy (non-hydrogen) atoms. The van der Waals surface area contributed by atoms with E-state index < -0.39 is 10.0 Å². The molecule has 1 aliphatic rings. The minimum atomic E-state index is -3.23. The third kappa shape index (κ3) is 5.36. The van der Waals surface area contributed by atoms with Crippen LogP contribution in [0.5, 0.6) is 5.75 Å². The van der Waals surface area contributed by atoms with Crippen molar-refractivity contribution in [3.63, 3.8) is 0 Å². The molecule has 0 saturated heterocycles. The first-order valence-electron chi connectivity index (χ1n) is 9.96. The maximum Gasteiger partial charge on any atom is 0.255 e. The predicted molar refractivity (Wildman–Crippen MR) is 115 cm³/mol. The van der Waals surface area contributed by atoms with Gasteiger partial charge in [0.2, 0.25) is 10.0 Å². The quantitative estimate of drug-likeness (QED) is 0.744. The Balaban J connectivity index is 1.71. The molecule has 0 fully saturated rings. The molecule has 7 heteroatoms. The van der Waals surface area contributed by atoms with Gasteiger partial charge in [0.1, 0.15) is 5.75 Å². The van der Waals surface area contributed by atoms with E-state index in [0.717, 1.165) is 16.9 Å². The minimum Gasteiger partial charge on any atom is -0.491 e. The molecule has 1 aliphatic heterocycles. The molecule has 1 heterocycles. The van der Waals surface area contributed by atoms with Gasteiger partial charge in [0, 0.05) is 24.3 Å². The summed E-state index contributed by atoms with van der Waals surface area (Å²) in [5.41, 5.74) is 3.26. The number of carbonyl (C=O) groups is 1. The van der Waals surface area contributed by atoms with Gasteiger partial charge in [-0.3, -0.25) is 4.79 Å². The Hall–Kier alpha value is -2.38. The van der Waals surface area contributed by atoms with Crippen LogP contribution in [-0.2, 0) is 23.0 Å². The molecule has 0 radical (unpaired) electrons.